The van der Waals surface area contributed by atoms with Gasteiger partial charge in [0.15, 0.2) is 0 Å². The van der Waals surface area contributed by atoms with Crippen LogP contribution in [0.4, 0.5) is 8.78 Å². The van der Waals surface area contributed by atoms with Gasteiger partial charge >= 0.3 is 5.97 Å². The van der Waals surface area contributed by atoms with Gasteiger partial charge in [0, 0.05) is 13.6 Å². The number of amides is 1. The lowest BCUT2D eigenvalue weighted by atomic mass is 10.1. The van der Waals surface area contributed by atoms with Crippen molar-refractivity contribution in [2.75, 3.05) is 13.6 Å². The summed E-state index contributed by atoms with van der Waals surface area (Å²) < 4.78 is 26.6. The molecule has 0 fully saturated rings. The minimum absolute atomic E-state index is 0.0994. The van der Waals surface area contributed by atoms with Crippen LogP contribution in [0.15, 0.2) is 12.1 Å². The van der Waals surface area contributed by atoms with Crippen molar-refractivity contribution < 1.29 is 23.5 Å². The second kappa shape index (κ2) is 5.77. The van der Waals surface area contributed by atoms with Crippen LogP contribution in [0.5, 0.6) is 0 Å². The molecule has 0 aliphatic rings. The van der Waals surface area contributed by atoms with E-state index in [0.717, 1.165) is 4.90 Å². The quantitative estimate of drug-likeness (QED) is 0.858. The van der Waals surface area contributed by atoms with Gasteiger partial charge in [0.05, 0.1) is 17.0 Å². The highest BCUT2D eigenvalue weighted by Gasteiger charge is 2.19. The number of carbonyl (C=O) groups is 2. The number of carboxylic acid groups (broad SMARTS) is 1. The van der Waals surface area contributed by atoms with Gasteiger partial charge in [-0.1, -0.05) is 11.6 Å². The number of hydrogen-bond acceptors (Lipinski definition) is 2. The van der Waals surface area contributed by atoms with Gasteiger partial charge < -0.3 is 10.0 Å². The highest BCUT2D eigenvalue weighted by atomic mass is 35.5. The average molecular weight is 278 g/mol. The minimum Gasteiger partial charge on any atom is -0.481 e. The first kappa shape index (κ1) is 14.4. The molecule has 0 heterocycles. The van der Waals surface area contributed by atoms with Crippen molar-refractivity contribution in [1.29, 1.82) is 0 Å². The number of carbonyl (C=O) groups excluding carboxylic acids is 1. The molecule has 0 aliphatic heterocycles. The Morgan fingerprint density at radius 1 is 1.33 bits per heavy atom. The van der Waals surface area contributed by atoms with Crippen molar-refractivity contribution in [3.8, 4) is 0 Å². The fourth-order valence-electron chi connectivity index (χ4n) is 1.26. The van der Waals surface area contributed by atoms with Gasteiger partial charge in [0.1, 0.15) is 11.6 Å². The average Bonchev–Trinajstić information content (AvgIpc) is 2.29. The summed E-state index contributed by atoms with van der Waals surface area (Å²) in [4.78, 5) is 23.1. The monoisotopic (exact) mass is 277 g/mol. The number of halogens is 3. The summed E-state index contributed by atoms with van der Waals surface area (Å²) in [5.74, 6) is -3.75. The highest BCUT2D eigenvalue weighted by molar-refractivity contribution is 6.30. The zero-order valence-corrected chi connectivity index (χ0v) is 10.2. The van der Waals surface area contributed by atoms with E-state index >= 15 is 0 Å². The van der Waals surface area contributed by atoms with Gasteiger partial charge in [0.2, 0.25) is 0 Å². The fraction of sp³-hybridized carbons (Fsp3) is 0.273. The molecule has 0 aliphatic carbocycles. The molecule has 1 rings (SSSR count). The predicted molar refractivity (Wildman–Crippen MR) is 60.6 cm³/mol. The lowest BCUT2D eigenvalue weighted by Crippen LogP contribution is -2.29. The van der Waals surface area contributed by atoms with Crippen molar-refractivity contribution in [2.45, 2.75) is 6.42 Å². The summed E-state index contributed by atoms with van der Waals surface area (Å²) in [5, 5.41) is 8.04. The third-order valence-electron chi connectivity index (χ3n) is 2.25. The molecule has 18 heavy (non-hydrogen) atoms. The molecule has 0 aromatic heterocycles. The number of carboxylic acids is 1. The Balaban J connectivity index is 2.90. The van der Waals surface area contributed by atoms with E-state index in [1.807, 2.05) is 0 Å². The number of rotatable bonds is 4. The first-order valence-electron chi connectivity index (χ1n) is 4.94. The van der Waals surface area contributed by atoms with Crippen LogP contribution in [-0.4, -0.2) is 35.5 Å². The van der Waals surface area contributed by atoms with Crippen LogP contribution in [0.3, 0.4) is 0 Å². The third-order valence-corrected chi connectivity index (χ3v) is 2.54. The Hall–Kier alpha value is -1.69. The molecule has 0 radical (unpaired) electrons. The maximum atomic E-state index is 13.4. The van der Waals surface area contributed by atoms with Gasteiger partial charge in [-0.25, -0.2) is 8.78 Å². The number of aliphatic carboxylic acids is 1. The van der Waals surface area contributed by atoms with Gasteiger partial charge in [-0.2, -0.15) is 0 Å². The molecular weight excluding hydrogens is 268 g/mol. The van der Waals surface area contributed by atoms with Crippen molar-refractivity contribution in [2.24, 2.45) is 0 Å². The minimum atomic E-state index is -1.09. The van der Waals surface area contributed by atoms with E-state index in [1.54, 1.807) is 0 Å². The van der Waals surface area contributed by atoms with Gasteiger partial charge in [0.25, 0.3) is 5.91 Å². The van der Waals surface area contributed by atoms with Gasteiger partial charge in [-0.3, -0.25) is 9.59 Å². The summed E-state index contributed by atoms with van der Waals surface area (Å²) in [7, 11) is 1.30. The Bertz CT molecular complexity index is 493. The molecule has 1 N–H and O–H groups in total. The molecule has 0 spiro atoms. The Morgan fingerprint density at radius 2 is 1.94 bits per heavy atom. The molecule has 98 valence electrons. The molecule has 4 nitrogen and oxygen atoms in total. The van der Waals surface area contributed by atoms with Crippen molar-refractivity contribution in [3.63, 3.8) is 0 Å². The standard InChI is InChI=1S/C11H10ClF2NO3/c1-15(3-2-10(16)17)11(18)6-4-9(14)7(12)5-8(6)13/h4-5H,2-3H2,1H3,(H,16,17). The van der Waals surface area contributed by atoms with Crippen LogP contribution in [0.25, 0.3) is 0 Å². The van der Waals surface area contributed by atoms with Crippen molar-refractivity contribution >= 4 is 23.5 Å². The molecule has 1 aromatic carbocycles. The molecule has 1 amide bonds. The molecule has 0 saturated heterocycles. The zero-order chi connectivity index (χ0) is 13.9. The Kier molecular flexibility index (Phi) is 4.61. The topological polar surface area (TPSA) is 57.6 Å². The molecule has 0 atom stereocenters. The molecular formula is C11H10ClF2NO3. The van der Waals surface area contributed by atoms with Crippen molar-refractivity contribution in [1.82, 2.24) is 4.90 Å². The molecule has 0 saturated carbocycles. The summed E-state index contributed by atoms with van der Waals surface area (Å²) >= 11 is 5.36. The zero-order valence-electron chi connectivity index (χ0n) is 9.41. The van der Waals surface area contributed by atoms with Crippen molar-refractivity contribution in [3.05, 3.63) is 34.4 Å². The smallest absolute Gasteiger partial charge is 0.305 e. The normalized spacial score (nSPS) is 10.2. The lowest BCUT2D eigenvalue weighted by Gasteiger charge is -2.16. The number of benzene rings is 1. The van der Waals surface area contributed by atoms with Crippen LogP contribution in [0, 0.1) is 11.6 Å². The van der Waals surface area contributed by atoms with Gasteiger partial charge in [-0.05, 0) is 12.1 Å². The highest BCUT2D eigenvalue weighted by Crippen LogP contribution is 2.20. The molecule has 7 heteroatoms. The lowest BCUT2D eigenvalue weighted by molar-refractivity contribution is -0.137. The second-order valence-electron chi connectivity index (χ2n) is 3.62. The first-order chi connectivity index (χ1) is 8.32. The first-order valence-corrected chi connectivity index (χ1v) is 5.32. The third kappa shape index (κ3) is 3.40. The van der Waals surface area contributed by atoms with Crippen LogP contribution >= 0.6 is 11.6 Å². The Morgan fingerprint density at radius 3 is 2.50 bits per heavy atom. The van der Waals surface area contributed by atoms with E-state index in [0.29, 0.717) is 12.1 Å². The molecule has 0 unspecified atom stereocenters. The summed E-state index contributed by atoms with van der Waals surface area (Å²) in [6, 6.07) is 1.40. The second-order valence-corrected chi connectivity index (χ2v) is 4.02. The van der Waals surface area contributed by atoms with E-state index in [9.17, 15) is 18.4 Å². The van der Waals surface area contributed by atoms with E-state index < -0.39 is 34.1 Å². The van der Waals surface area contributed by atoms with Crippen LogP contribution in [0.2, 0.25) is 5.02 Å². The maximum absolute atomic E-state index is 13.4. The van der Waals surface area contributed by atoms with E-state index in [4.69, 9.17) is 16.7 Å². The SMILES string of the molecule is CN(CCC(=O)O)C(=O)c1cc(F)c(Cl)cc1F. The van der Waals surface area contributed by atoms with Crippen LogP contribution in [0.1, 0.15) is 16.8 Å². The van der Waals surface area contributed by atoms with Gasteiger partial charge in [-0.15, -0.1) is 0 Å². The fourth-order valence-corrected chi connectivity index (χ4v) is 1.41. The summed E-state index contributed by atoms with van der Waals surface area (Å²) in [6.45, 7) is -0.0994. The largest absolute Gasteiger partial charge is 0.481 e. The van der Waals surface area contributed by atoms with E-state index in [2.05, 4.69) is 0 Å². The molecule has 1 aromatic rings. The summed E-state index contributed by atoms with van der Waals surface area (Å²) in [6.07, 6.45) is -0.278. The van der Waals surface area contributed by atoms with E-state index in [1.165, 1.54) is 7.05 Å². The van der Waals surface area contributed by atoms with Crippen LogP contribution < -0.4 is 0 Å². The predicted octanol–water partition coefficient (Wildman–Crippen LogP) is 2.16. The maximum Gasteiger partial charge on any atom is 0.305 e. The number of nitrogens with zero attached hydrogens (tertiary/aromatic N) is 1. The number of hydrogen-bond donors (Lipinski definition) is 1. The Labute approximate surface area is 107 Å². The summed E-state index contributed by atoms with van der Waals surface area (Å²) in [5.41, 5.74) is -0.482. The van der Waals surface area contributed by atoms with Crippen LogP contribution in [-0.2, 0) is 4.79 Å². The van der Waals surface area contributed by atoms with E-state index in [-0.39, 0.29) is 13.0 Å². The molecule has 0 bridgehead atoms.